The molecule has 4 nitrogen and oxygen atoms in total. The SMILES string of the molecule is Cc1ccc(C)c(S(=O)(=O)N2CCN(c3cccc4ccccc34)CC2)c1. The van der Waals surface area contributed by atoms with Gasteiger partial charge in [0.1, 0.15) is 0 Å². The molecule has 4 rings (SSSR count). The molecule has 1 fully saturated rings. The summed E-state index contributed by atoms with van der Waals surface area (Å²) in [6, 6.07) is 20.2. The summed E-state index contributed by atoms with van der Waals surface area (Å²) >= 11 is 0. The molecule has 5 heteroatoms. The Morgan fingerprint density at radius 3 is 2.30 bits per heavy atom. The zero-order valence-corrected chi connectivity index (χ0v) is 16.5. The zero-order chi connectivity index (χ0) is 19.0. The van der Waals surface area contributed by atoms with Gasteiger partial charge in [0.05, 0.1) is 4.90 Å². The number of hydrogen-bond donors (Lipinski definition) is 0. The van der Waals surface area contributed by atoms with Crippen molar-refractivity contribution in [3.63, 3.8) is 0 Å². The Balaban J connectivity index is 1.57. The number of rotatable bonds is 3. The molecule has 1 heterocycles. The van der Waals surface area contributed by atoms with Crippen LogP contribution < -0.4 is 4.90 Å². The van der Waals surface area contributed by atoms with Crippen molar-refractivity contribution in [3.05, 3.63) is 71.8 Å². The maximum atomic E-state index is 13.1. The topological polar surface area (TPSA) is 40.6 Å². The molecule has 1 saturated heterocycles. The Hall–Kier alpha value is -2.37. The average molecular weight is 381 g/mol. The molecular formula is C22H24N2O2S. The summed E-state index contributed by atoms with van der Waals surface area (Å²) in [4.78, 5) is 2.72. The van der Waals surface area contributed by atoms with Gasteiger partial charge in [0.25, 0.3) is 0 Å². The standard InChI is InChI=1S/C22H24N2O2S/c1-17-10-11-18(2)22(16-17)27(25,26)24-14-12-23(13-15-24)21-9-5-7-19-6-3-4-8-20(19)21/h3-11,16H,12-15H2,1-2H3. The minimum Gasteiger partial charge on any atom is -0.368 e. The summed E-state index contributed by atoms with van der Waals surface area (Å²) in [6.45, 7) is 6.17. The van der Waals surface area contributed by atoms with E-state index in [1.807, 2.05) is 38.1 Å². The number of nitrogens with zero attached hydrogens (tertiary/aromatic N) is 2. The molecule has 0 radical (unpaired) electrons. The first kappa shape index (κ1) is 18.0. The van der Waals surface area contributed by atoms with E-state index in [9.17, 15) is 8.42 Å². The van der Waals surface area contributed by atoms with Gasteiger partial charge >= 0.3 is 0 Å². The number of anilines is 1. The summed E-state index contributed by atoms with van der Waals surface area (Å²) in [5, 5.41) is 2.42. The van der Waals surface area contributed by atoms with Crippen molar-refractivity contribution in [2.45, 2.75) is 18.7 Å². The monoisotopic (exact) mass is 380 g/mol. The Morgan fingerprint density at radius 2 is 1.52 bits per heavy atom. The normalized spacial score (nSPS) is 16.0. The third-order valence-electron chi connectivity index (χ3n) is 5.31. The second-order valence-electron chi connectivity index (χ2n) is 7.16. The molecule has 140 valence electrons. The van der Waals surface area contributed by atoms with Gasteiger partial charge in [-0.15, -0.1) is 0 Å². The minimum absolute atomic E-state index is 0.432. The second-order valence-corrected chi connectivity index (χ2v) is 9.06. The number of piperazine rings is 1. The highest BCUT2D eigenvalue weighted by molar-refractivity contribution is 7.89. The number of sulfonamides is 1. The second kappa shape index (κ2) is 6.98. The highest BCUT2D eigenvalue weighted by Crippen LogP contribution is 2.29. The molecule has 0 atom stereocenters. The van der Waals surface area contributed by atoms with Gasteiger partial charge in [-0.05, 0) is 42.5 Å². The largest absolute Gasteiger partial charge is 0.368 e. The van der Waals surface area contributed by atoms with Gasteiger partial charge in [0, 0.05) is 37.3 Å². The number of aryl methyl sites for hydroxylation is 2. The first-order valence-corrected chi connectivity index (χ1v) is 10.7. The van der Waals surface area contributed by atoms with E-state index in [4.69, 9.17) is 0 Å². The number of fused-ring (bicyclic) bond motifs is 1. The van der Waals surface area contributed by atoms with Crippen LogP contribution in [0.4, 0.5) is 5.69 Å². The molecule has 0 N–H and O–H groups in total. The summed E-state index contributed by atoms with van der Waals surface area (Å²) < 4.78 is 27.9. The van der Waals surface area contributed by atoms with Crippen molar-refractivity contribution < 1.29 is 8.42 Å². The maximum absolute atomic E-state index is 13.1. The van der Waals surface area contributed by atoms with Crippen molar-refractivity contribution in [3.8, 4) is 0 Å². The zero-order valence-electron chi connectivity index (χ0n) is 15.7. The third-order valence-corrected chi connectivity index (χ3v) is 7.35. The number of hydrogen-bond acceptors (Lipinski definition) is 3. The van der Waals surface area contributed by atoms with E-state index in [1.165, 1.54) is 16.5 Å². The van der Waals surface area contributed by atoms with Crippen LogP contribution >= 0.6 is 0 Å². The van der Waals surface area contributed by atoms with E-state index >= 15 is 0 Å². The lowest BCUT2D eigenvalue weighted by molar-refractivity contribution is 0.385. The fraction of sp³-hybridized carbons (Fsp3) is 0.273. The molecule has 0 saturated carbocycles. The third kappa shape index (κ3) is 3.33. The molecule has 0 unspecified atom stereocenters. The van der Waals surface area contributed by atoms with Crippen molar-refractivity contribution in [1.29, 1.82) is 0 Å². The summed E-state index contributed by atoms with van der Waals surface area (Å²) in [7, 11) is -3.46. The molecule has 0 amide bonds. The summed E-state index contributed by atoms with van der Waals surface area (Å²) in [6.07, 6.45) is 0. The van der Waals surface area contributed by atoms with E-state index in [-0.39, 0.29) is 0 Å². The molecule has 3 aromatic rings. The van der Waals surface area contributed by atoms with Crippen LogP contribution in [0.25, 0.3) is 10.8 Å². The summed E-state index contributed by atoms with van der Waals surface area (Å²) in [5.74, 6) is 0. The predicted molar refractivity (Wildman–Crippen MR) is 111 cm³/mol. The van der Waals surface area contributed by atoms with E-state index in [0.717, 1.165) is 11.1 Å². The van der Waals surface area contributed by atoms with Crippen LogP contribution in [0.3, 0.4) is 0 Å². The van der Waals surface area contributed by atoms with Crippen LogP contribution in [0.5, 0.6) is 0 Å². The quantitative estimate of drug-likeness (QED) is 0.690. The lowest BCUT2D eigenvalue weighted by Gasteiger charge is -2.36. The van der Waals surface area contributed by atoms with Crippen molar-refractivity contribution in [2.24, 2.45) is 0 Å². The molecule has 0 aromatic heterocycles. The van der Waals surface area contributed by atoms with Crippen molar-refractivity contribution in [1.82, 2.24) is 4.31 Å². The predicted octanol–water partition coefficient (Wildman–Crippen LogP) is 3.97. The van der Waals surface area contributed by atoms with Crippen LogP contribution in [-0.4, -0.2) is 38.9 Å². The van der Waals surface area contributed by atoms with E-state index in [0.29, 0.717) is 31.1 Å². The van der Waals surface area contributed by atoms with Crippen molar-refractivity contribution in [2.75, 3.05) is 31.1 Å². The smallest absolute Gasteiger partial charge is 0.243 e. The van der Waals surface area contributed by atoms with Crippen LogP contribution in [0, 0.1) is 13.8 Å². The highest BCUT2D eigenvalue weighted by Gasteiger charge is 2.30. The molecule has 0 spiro atoms. The lowest BCUT2D eigenvalue weighted by Crippen LogP contribution is -2.48. The van der Waals surface area contributed by atoms with Gasteiger partial charge in [0.2, 0.25) is 10.0 Å². The minimum atomic E-state index is -3.46. The fourth-order valence-electron chi connectivity index (χ4n) is 3.78. The highest BCUT2D eigenvalue weighted by atomic mass is 32.2. The lowest BCUT2D eigenvalue weighted by atomic mass is 10.1. The van der Waals surface area contributed by atoms with E-state index in [2.05, 4.69) is 35.2 Å². The molecule has 0 aliphatic carbocycles. The van der Waals surface area contributed by atoms with Gasteiger partial charge in [-0.1, -0.05) is 48.5 Å². The molecule has 0 bridgehead atoms. The van der Waals surface area contributed by atoms with Gasteiger partial charge in [0.15, 0.2) is 0 Å². The molecule has 1 aliphatic rings. The fourth-order valence-corrected chi connectivity index (χ4v) is 5.51. The van der Waals surface area contributed by atoms with Gasteiger partial charge in [-0.25, -0.2) is 8.42 Å². The van der Waals surface area contributed by atoms with Crippen LogP contribution in [0.15, 0.2) is 65.6 Å². The molecule has 1 aliphatic heterocycles. The molecular weight excluding hydrogens is 356 g/mol. The Morgan fingerprint density at radius 1 is 0.815 bits per heavy atom. The van der Waals surface area contributed by atoms with Gasteiger partial charge < -0.3 is 4.90 Å². The Bertz CT molecular complexity index is 1080. The van der Waals surface area contributed by atoms with E-state index in [1.54, 1.807) is 10.4 Å². The summed E-state index contributed by atoms with van der Waals surface area (Å²) in [5.41, 5.74) is 2.95. The van der Waals surface area contributed by atoms with Crippen LogP contribution in [-0.2, 0) is 10.0 Å². The average Bonchev–Trinajstić information content (AvgIpc) is 2.69. The van der Waals surface area contributed by atoms with Crippen LogP contribution in [0.1, 0.15) is 11.1 Å². The first-order chi connectivity index (χ1) is 13.0. The first-order valence-electron chi connectivity index (χ1n) is 9.27. The Labute approximate surface area is 161 Å². The van der Waals surface area contributed by atoms with E-state index < -0.39 is 10.0 Å². The van der Waals surface area contributed by atoms with Gasteiger partial charge in [-0.3, -0.25) is 0 Å². The van der Waals surface area contributed by atoms with Gasteiger partial charge in [-0.2, -0.15) is 4.31 Å². The maximum Gasteiger partial charge on any atom is 0.243 e. The molecule has 3 aromatic carbocycles. The Kier molecular flexibility index (Phi) is 4.66. The number of benzene rings is 3. The van der Waals surface area contributed by atoms with Crippen LogP contribution in [0.2, 0.25) is 0 Å². The van der Waals surface area contributed by atoms with Crippen molar-refractivity contribution >= 4 is 26.5 Å². The molecule has 27 heavy (non-hydrogen) atoms.